The van der Waals surface area contributed by atoms with E-state index in [-0.39, 0.29) is 18.3 Å². The van der Waals surface area contributed by atoms with Crippen LogP contribution in [0.1, 0.15) is 24.8 Å². The van der Waals surface area contributed by atoms with Crippen molar-refractivity contribution in [3.05, 3.63) is 60.2 Å². The van der Waals surface area contributed by atoms with Crippen LogP contribution in [-0.4, -0.2) is 34.7 Å². The van der Waals surface area contributed by atoms with E-state index in [0.29, 0.717) is 6.54 Å². The Morgan fingerprint density at radius 3 is 2.42 bits per heavy atom. The number of hydrogen-bond donors (Lipinski definition) is 3. The maximum absolute atomic E-state index is 11.5. The minimum atomic E-state index is -0.982. The average molecular weight is 353 g/mol. The monoisotopic (exact) mass is 353 g/mol. The molecule has 0 spiro atoms. The molecule has 0 aromatic heterocycles. The van der Waals surface area contributed by atoms with Crippen molar-refractivity contribution in [2.45, 2.75) is 25.3 Å². The van der Waals surface area contributed by atoms with E-state index in [4.69, 9.17) is 0 Å². The summed E-state index contributed by atoms with van der Waals surface area (Å²) in [6, 6.07) is 17.4. The van der Waals surface area contributed by atoms with Crippen molar-refractivity contribution in [2.75, 3.05) is 6.54 Å². The Labute approximate surface area is 152 Å². The Balaban J connectivity index is 1.87. The number of carboxylic acid groups (broad SMARTS) is 2. The van der Waals surface area contributed by atoms with Crippen molar-refractivity contribution in [1.29, 1.82) is 0 Å². The van der Waals surface area contributed by atoms with Gasteiger partial charge in [-0.15, -0.1) is 0 Å². The van der Waals surface area contributed by atoms with Crippen LogP contribution in [-0.2, 0) is 9.59 Å². The number of hydrogen-bond acceptors (Lipinski definition) is 3. The normalized spacial score (nSPS) is 23.5. The fraction of sp³-hybridized carbons (Fsp3) is 0.333. The van der Waals surface area contributed by atoms with Crippen LogP contribution >= 0.6 is 0 Å². The first-order valence-corrected chi connectivity index (χ1v) is 8.80. The molecule has 0 aliphatic carbocycles. The third-order valence-electron chi connectivity index (χ3n) is 5.39. The lowest BCUT2D eigenvalue weighted by Crippen LogP contribution is -2.37. The summed E-state index contributed by atoms with van der Waals surface area (Å²) in [4.78, 5) is 22.7. The van der Waals surface area contributed by atoms with E-state index in [0.717, 1.165) is 16.7 Å². The molecule has 1 saturated heterocycles. The zero-order valence-electron chi connectivity index (χ0n) is 14.6. The van der Waals surface area contributed by atoms with E-state index in [1.807, 2.05) is 36.4 Å². The molecule has 1 heterocycles. The summed E-state index contributed by atoms with van der Waals surface area (Å²) in [6.07, 6.45) is -0.142. The Kier molecular flexibility index (Phi) is 5.38. The van der Waals surface area contributed by atoms with E-state index in [2.05, 4.69) is 30.4 Å². The number of aliphatic carboxylic acids is 2. The molecule has 0 saturated carbocycles. The number of nitrogens with one attached hydrogen (secondary N) is 1. The van der Waals surface area contributed by atoms with E-state index in [9.17, 15) is 19.8 Å². The largest absolute Gasteiger partial charge is 0.481 e. The molecule has 3 rings (SSSR count). The molecule has 4 atom stereocenters. The molecule has 1 fully saturated rings. The first-order chi connectivity index (χ1) is 12.5. The van der Waals surface area contributed by atoms with Gasteiger partial charge in [-0.2, -0.15) is 0 Å². The highest BCUT2D eigenvalue weighted by Gasteiger charge is 2.43. The summed E-state index contributed by atoms with van der Waals surface area (Å²) in [5.74, 6) is -2.36. The molecule has 1 aliphatic rings. The number of benzene rings is 2. The molecule has 5 heteroatoms. The summed E-state index contributed by atoms with van der Waals surface area (Å²) in [7, 11) is 0. The molecular formula is C21H23NO4. The standard InChI is InChI=1S/C21H23NO4/c1-13(18-12-22-20(21(25)26)17(18)11-19(23)24)15-8-5-9-16(10-15)14-6-3-2-4-7-14/h2-10,13,17-18,20,22H,11-12H2,1H3,(H,23,24)(H,25,26)/t13?,17-,18-,20-/m0/s1. The van der Waals surface area contributed by atoms with Crippen LogP contribution in [0.4, 0.5) is 0 Å². The van der Waals surface area contributed by atoms with Gasteiger partial charge in [0.15, 0.2) is 0 Å². The second-order valence-electron chi connectivity index (χ2n) is 6.93. The van der Waals surface area contributed by atoms with Crippen molar-refractivity contribution >= 4 is 11.9 Å². The summed E-state index contributed by atoms with van der Waals surface area (Å²) in [6.45, 7) is 2.56. The van der Waals surface area contributed by atoms with Gasteiger partial charge in [0, 0.05) is 0 Å². The van der Waals surface area contributed by atoms with Gasteiger partial charge in [-0.3, -0.25) is 9.59 Å². The lowest BCUT2D eigenvalue weighted by atomic mass is 9.77. The van der Waals surface area contributed by atoms with E-state index in [1.54, 1.807) is 0 Å². The van der Waals surface area contributed by atoms with Crippen LogP contribution in [0, 0.1) is 11.8 Å². The zero-order chi connectivity index (χ0) is 18.7. The minimum Gasteiger partial charge on any atom is -0.481 e. The Hall–Kier alpha value is -2.66. The Bertz CT molecular complexity index is 790. The molecule has 0 amide bonds. The fourth-order valence-corrected chi connectivity index (χ4v) is 3.98. The van der Waals surface area contributed by atoms with Crippen molar-refractivity contribution in [3.63, 3.8) is 0 Å². The Morgan fingerprint density at radius 2 is 1.77 bits per heavy atom. The lowest BCUT2D eigenvalue weighted by molar-refractivity contribution is -0.142. The van der Waals surface area contributed by atoms with E-state index >= 15 is 0 Å². The molecule has 2 aromatic carbocycles. The van der Waals surface area contributed by atoms with Crippen molar-refractivity contribution in [1.82, 2.24) is 5.32 Å². The van der Waals surface area contributed by atoms with Gasteiger partial charge in [-0.05, 0) is 41.0 Å². The van der Waals surface area contributed by atoms with Crippen LogP contribution in [0.3, 0.4) is 0 Å². The molecular weight excluding hydrogens is 330 g/mol. The van der Waals surface area contributed by atoms with Gasteiger partial charge in [0.25, 0.3) is 0 Å². The summed E-state index contributed by atoms with van der Waals surface area (Å²) in [5, 5.41) is 21.6. The highest BCUT2D eigenvalue weighted by Crippen LogP contribution is 2.38. The second-order valence-corrected chi connectivity index (χ2v) is 6.93. The van der Waals surface area contributed by atoms with Crippen LogP contribution < -0.4 is 5.32 Å². The number of carbonyl (C=O) groups is 2. The van der Waals surface area contributed by atoms with Gasteiger partial charge in [0.2, 0.25) is 0 Å². The average Bonchev–Trinajstić information content (AvgIpc) is 3.05. The summed E-state index contributed by atoms with van der Waals surface area (Å²) < 4.78 is 0. The minimum absolute atomic E-state index is 0.0433. The van der Waals surface area contributed by atoms with Crippen LogP contribution in [0.5, 0.6) is 0 Å². The first kappa shape index (κ1) is 18.1. The highest BCUT2D eigenvalue weighted by molar-refractivity contribution is 5.76. The number of rotatable bonds is 6. The first-order valence-electron chi connectivity index (χ1n) is 8.80. The van der Waals surface area contributed by atoms with Crippen molar-refractivity contribution in [2.24, 2.45) is 11.8 Å². The maximum Gasteiger partial charge on any atom is 0.321 e. The molecule has 3 N–H and O–H groups in total. The predicted molar refractivity (Wildman–Crippen MR) is 99.0 cm³/mol. The molecule has 0 radical (unpaired) electrons. The van der Waals surface area contributed by atoms with Gasteiger partial charge < -0.3 is 15.5 Å². The third-order valence-corrected chi connectivity index (χ3v) is 5.39. The second kappa shape index (κ2) is 7.70. The van der Waals surface area contributed by atoms with Crippen molar-refractivity contribution < 1.29 is 19.8 Å². The van der Waals surface area contributed by atoms with Crippen molar-refractivity contribution in [3.8, 4) is 11.1 Å². The van der Waals surface area contributed by atoms with Crippen LogP contribution in [0.2, 0.25) is 0 Å². The van der Waals surface area contributed by atoms with E-state index < -0.39 is 23.9 Å². The van der Waals surface area contributed by atoms with E-state index in [1.165, 1.54) is 0 Å². The molecule has 26 heavy (non-hydrogen) atoms. The SMILES string of the molecule is CC(c1cccc(-c2ccccc2)c1)[C@@H]1CN[C@H](C(=O)O)[C@H]1CC(=O)O. The number of carboxylic acids is 2. The fourth-order valence-electron chi connectivity index (χ4n) is 3.98. The van der Waals surface area contributed by atoms with Gasteiger partial charge in [-0.1, -0.05) is 61.5 Å². The van der Waals surface area contributed by atoms with Gasteiger partial charge in [-0.25, -0.2) is 0 Å². The quantitative estimate of drug-likeness (QED) is 0.742. The molecule has 0 bridgehead atoms. The summed E-state index contributed by atoms with van der Waals surface area (Å²) >= 11 is 0. The molecule has 5 nitrogen and oxygen atoms in total. The molecule has 2 aromatic rings. The lowest BCUT2D eigenvalue weighted by Gasteiger charge is -2.26. The van der Waals surface area contributed by atoms with Gasteiger partial charge in [0.1, 0.15) is 6.04 Å². The Morgan fingerprint density at radius 1 is 1.08 bits per heavy atom. The predicted octanol–water partition coefficient (Wildman–Crippen LogP) is 3.22. The van der Waals surface area contributed by atoms with Crippen LogP contribution in [0.25, 0.3) is 11.1 Å². The highest BCUT2D eigenvalue weighted by atomic mass is 16.4. The van der Waals surface area contributed by atoms with Crippen LogP contribution in [0.15, 0.2) is 54.6 Å². The third kappa shape index (κ3) is 3.78. The topological polar surface area (TPSA) is 86.6 Å². The smallest absolute Gasteiger partial charge is 0.321 e. The molecule has 136 valence electrons. The summed E-state index contributed by atoms with van der Waals surface area (Å²) in [5.41, 5.74) is 3.32. The van der Waals surface area contributed by atoms with Gasteiger partial charge in [0.05, 0.1) is 6.42 Å². The maximum atomic E-state index is 11.5. The zero-order valence-corrected chi connectivity index (χ0v) is 14.6. The molecule has 1 aliphatic heterocycles. The van der Waals surface area contributed by atoms with Gasteiger partial charge >= 0.3 is 11.9 Å². The molecule has 1 unspecified atom stereocenters.